The number of hydrazone groups is 1. The Bertz CT molecular complexity index is 1280. The number of hydrogen-bond acceptors (Lipinski definition) is 7. The normalized spacial score (nSPS) is 10.7. The van der Waals surface area contributed by atoms with Crippen molar-refractivity contribution in [1.29, 1.82) is 0 Å². The van der Waals surface area contributed by atoms with Crippen LogP contribution in [-0.4, -0.2) is 37.7 Å². The van der Waals surface area contributed by atoms with Crippen LogP contribution in [0.15, 0.2) is 62.7 Å². The quantitative estimate of drug-likeness (QED) is 0.201. The van der Waals surface area contributed by atoms with E-state index in [9.17, 15) is 14.4 Å². The van der Waals surface area contributed by atoms with Crippen LogP contribution in [0, 0.1) is 6.92 Å². The minimum absolute atomic E-state index is 0.0748. The molecule has 188 valence electrons. The van der Waals surface area contributed by atoms with Crippen molar-refractivity contribution in [2.45, 2.75) is 13.5 Å². The van der Waals surface area contributed by atoms with Crippen LogP contribution >= 0.6 is 27.5 Å². The molecule has 3 N–H and O–H groups in total. The Balaban J connectivity index is 1.55. The number of furan rings is 1. The van der Waals surface area contributed by atoms with Crippen LogP contribution in [0.4, 0.5) is 5.69 Å². The van der Waals surface area contributed by atoms with Gasteiger partial charge in [-0.1, -0.05) is 17.7 Å². The number of halogens is 2. The van der Waals surface area contributed by atoms with E-state index >= 15 is 0 Å². The summed E-state index contributed by atoms with van der Waals surface area (Å²) in [4.78, 5) is 36.0. The van der Waals surface area contributed by atoms with Gasteiger partial charge in [-0.2, -0.15) is 5.10 Å². The zero-order valence-corrected chi connectivity index (χ0v) is 21.6. The van der Waals surface area contributed by atoms with Gasteiger partial charge in [0, 0.05) is 10.7 Å². The maximum Gasteiger partial charge on any atom is 0.329 e. The van der Waals surface area contributed by atoms with Crippen LogP contribution in [0.5, 0.6) is 11.5 Å². The Labute approximate surface area is 220 Å². The maximum atomic E-state index is 12.3. The van der Waals surface area contributed by atoms with Crippen molar-refractivity contribution in [2.75, 3.05) is 19.0 Å². The average molecular weight is 578 g/mol. The van der Waals surface area contributed by atoms with Gasteiger partial charge in [0.2, 0.25) is 0 Å². The molecule has 0 aliphatic rings. The number of aryl methyl sites for hydroxylation is 1. The van der Waals surface area contributed by atoms with E-state index in [0.717, 1.165) is 5.56 Å². The van der Waals surface area contributed by atoms with Crippen molar-refractivity contribution in [3.05, 3.63) is 75.1 Å². The van der Waals surface area contributed by atoms with Crippen LogP contribution in [0.25, 0.3) is 0 Å². The number of carbonyl (C=O) groups excluding carboxylic acids is 3. The lowest BCUT2D eigenvalue weighted by atomic mass is 10.2. The Morgan fingerprint density at radius 2 is 1.97 bits per heavy atom. The number of anilines is 1. The van der Waals surface area contributed by atoms with Gasteiger partial charge in [-0.25, -0.2) is 5.43 Å². The number of hydrogen-bond donors (Lipinski definition) is 3. The summed E-state index contributed by atoms with van der Waals surface area (Å²) in [6, 6.07) is 11.8. The highest BCUT2D eigenvalue weighted by Gasteiger charge is 2.15. The van der Waals surface area contributed by atoms with E-state index in [1.165, 1.54) is 19.6 Å². The molecule has 10 nitrogen and oxygen atoms in total. The van der Waals surface area contributed by atoms with E-state index in [2.05, 4.69) is 37.1 Å². The van der Waals surface area contributed by atoms with Gasteiger partial charge >= 0.3 is 11.8 Å². The number of amides is 3. The van der Waals surface area contributed by atoms with Crippen LogP contribution in [0.1, 0.15) is 16.9 Å². The van der Waals surface area contributed by atoms with Crippen LogP contribution in [0.3, 0.4) is 0 Å². The molecule has 0 unspecified atom stereocenters. The molecule has 36 heavy (non-hydrogen) atoms. The number of nitrogens with zero attached hydrogens (tertiary/aromatic N) is 1. The van der Waals surface area contributed by atoms with Gasteiger partial charge in [0.25, 0.3) is 5.91 Å². The number of rotatable bonds is 9. The summed E-state index contributed by atoms with van der Waals surface area (Å²) in [5.41, 5.74) is 4.12. The highest BCUT2D eigenvalue weighted by Crippen LogP contribution is 2.36. The SMILES string of the molecule is COc1cc(/C=N\NC(=O)C(=O)NCc2ccco2)cc(Br)c1OCC(=O)Nc1ccc(C)c(Cl)c1. The molecule has 0 aliphatic heterocycles. The van der Waals surface area contributed by atoms with Crippen molar-refractivity contribution < 1.29 is 28.3 Å². The number of ether oxygens (including phenoxy) is 2. The Hall–Kier alpha value is -3.83. The number of benzene rings is 2. The van der Waals surface area contributed by atoms with Crippen LogP contribution in [-0.2, 0) is 20.9 Å². The molecule has 0 atom stereocenters. The smallest absolute Gasteiger partial charge is 0.329 e. The summed E-state index contributed by atoms with van der Waals surface area (Å²) in [5, 5.41) is 9.45. The van der Waals surface area contributed by atoms with E-state index in [0.29, 0.717) is 38.0 Å². The van der Waals surface area contributed by atoms with Gasteiger partial charge < -0.3 is 24.5 Å². The van der Waals surface area contributed by atoms with E-state index in [1.807, 2.05) is 6.92 Å². The first-order chi connectivity index (χ1) is 17.3. The third kappa shape index (κ3) is 7.59. The summed E-state index contributed by atoms with van der Waals surface area (Å²) in [7, 11) is 1.44. The van der Waals surface area contributed by atoms with Gasteiger partial charge in [-0.15, -0.1) is 0 Å². The van der Waals surface area contributed by atoms with Gasteiger partial charge in [0.15, 0.2) is 18.1 Å². The molecular weight excluding hydrogens is 556 g/mol. The van der Waals surface area contributed by atoms with Gasteiger partial charge in [0.1, 0.15) is 5.76 Å². The van der Waals surface area contributed by atoms with Gasteiger partial charge in [-0.05, 0) is 70.4 Å². The first-order valence-corrected chi connectivity index (χ1v) is 11.6. The van der Waals surface area contributed by atoms with E-state index < -0.39 is 11.8 Å². The molecule has 12 heteroatoms. The van der Waals surface area contributed by atoms with E-state index in [4.69, 9.17) is 25.5 Å². The first-order valence-electron chi connectivity index (χ1n) is 10.5. The van der Waals surface area contributed by atoms with Crippen molar-refractivity contribution in [3.63, 3.8) is 0 Å². The maximum absolute atomic E-state index is 12.3. The van der Waals surface area contributed by atoms with Crippen molar-refractivity contribution in [1.82, 2.24) is 10.7 Å². The lowest BCUT2D eigenvalue weighted by Crippen LogP contribution is -2.37. The monoisotopic (exact) mass is 576 g/mol. The second-order valence-electron chi connectivity index (χ2n) is 7.30. The van der Waals surface area contributed by atoms with Crippen molar-refractivity contribution in [2.24, 2.45) is 5.10 Å². The van der Waals surface area contributed by atoms with Crippen molar-refractivity contribution in [3.8, 4) is 11.5 Å². The minimum atomic E-state index is -0.940. The summed E-state index contributed by atoms with van der Waals surface area (Å²) in [5.74, 6) is -1.06. The molecule has 1 heterocycles. The molecule has 1 aromatic heterocycles. The first kappa shape index (κ1) is 26.8. The highest BCUT2D eigenvalue weighted by molar-refractivity contribution is 9.10. The molecule has 0 saturated heterocycles. The topological polar surface area (TPSA) is 131 Å². The summed E-state index contributed by atoms with van der Waals surface area (Å²) in [6.07, 6.45) is 2.79. The predicted octanol–water partition coefficient (Wildman–Crippen LogP) is 3.80. The molecule has 3 aromatic rings. The van der Waals surface area contributed by atoms with Gasteiger partial charge in [-0.3, -0.25) is 14.4 Å². The standard InChI is InChI=1S/C24H22BrClN4O6/c1-14-5-6-16(10-19(14)26)29-21(31)13-36-22-18(25)8-15(9-20(22)34-2)11-28-30-24(33)23(32)27-12-17-4-3-7-35-17/h3-11H,12-13H2,1-2H3,(H,27,32)(H,29,31)(H,30,33)/b28-11-. The molecule has 0 fully saturated rings. The highest BCUT2D eigenvalue weighted by atomic mass is 79.9. The molecule has 0 aliphatic carbocycles. The van der Waals surface area contributed by atoms with Crippen LogP contribution in [0.2, 0.25) is 5.02 Å². The summed E-state index contributed by atoms with van der Waals surface area (Å²) < 4.78 is 16.6. The summed E-state index contributed by atoms with van der Waals surface area (Å²) >= 11 is 9.47. The Morgan fingerprint density at radius 3 is 2.67 bits per heavy atom. The fourth-order valence-electron chi connectivity index (χ4n) is 2.84. The fraction of sp³-hybridized carbons (Fsp3) is 0.167. The van der Waals surface area contributed by atoms with E-state index in [1.54, 1.807) is 42.5 Å². The molecule has 3 amide bonds. The second-order valence-corrected chi connectivity index (χ2v) is 8.56. The van der Waals surface area contributed by atoms with Gasteiger partial charge in [0.05, 0.1) is 30.6 Å². The third-order valence-electron chi connectivity index (χ3n) is 4.64. The zero-order chi connectivity index (χ0) is 26.1. The van der Waals surface area contributed by atoms with Crippen molar-refractivity contribution >= 4 is 57.2 Å². The second kappa shape index (κ2) is 12.8. The lowest BCUT2D eigenvalue weighted by Gasteiger charge is -2.13. The molecule has 0 radical (unpaired) electrons. The average Bonchev–Trinajstić information content (AvgIpc) is 3.37. The lowest BCUT2D eigenvalue weighted by molar-refractivity contribution is -0.139. The fourth-order valence-corrected chi connectivity index (χ4v) is 3.59. The summed E-state index contributed by atoms with van der Waals surface area (Å²) in [6.45, 7) is 1.66. The molecule has 0 spiro atoms. The minimum Gasteiger partial charge on any atom is -0.493 e. The Kier molecular flexibility index (Phi) is 9.48. The van der Waals surface area contributed by atoms with Crippen LogP contribution < -0.4 is 25.5 Å². The molecule has 0 bridgehead atoms. The third-order valence-corrected chi connectivity index (χ3v) is 5.64. The zero-order valence-electron chi connectivity index (χ0n) is 19.3. The number of carbonyl (C=O) groups is 3. The molecule has 0 saturated carbocycles. The molecule has 2 aromatic carbocycles. The number of methoxy groups -OCH3 is 1. The number of nitrogens with one attached hydrogen (secondary N) is 3. The molecular formula is C24H22BrClN4O6. The Morgan fingerprint density at radius 1 is 1.17 bits per heavy atom. The predicted molar refractivity (Wildman–Crippen MR) is 137 cm³/mol. The largest absolute Gasteiger partial charge is 0.493 e. The molecule has 3 rings (SSSR count). The van der Waals surface area contributed by atoms with E-state index in [-0.39, 0.29) is 19.1 Å².